The molecule has 0 atom stereocenters. The average molecular weight is 519 g/mol. The number of methoxy groups -OCH3 is 1. The Morgan fingerprint density at radius 2 is 1.78 bits per heavy atom. The smallest absolute Gasteiger partial charge is 0.253 e. The van der Waals surface area contributed by atoms with Gasteiger partial charge in [-0.2, -0.15) is 0 Å². The molecular formula is C28H27ClN4O2S. The van der Waals surface area contributed by atoms with Crippen molar-refractivity contribution >= 4 is 39.7 Å². The molecule has 184 valence electrons. The Labute approximate surface area is 220 Å². The summed E-state index contributed by atoms with van der Waals surface area (Å²) in [6, 6.07) is 23.6. The Kier molecular flexibility index (Phi) is 7.51. The summed E-state index contributed by atoms with van der Waals surface area (Å²) in [5.41, 5.74) is 4.55. The summed E-state index contributed by atoms with van der Waals surface area (Å²) in [5.74, 6) is 0.879. The van der Waals surface area contributed by atoms with Gasteiger partial charge in [-0.15, -0.1) is 11.3 Å². The van der Waals surface area contributed by atoms with Gasteiger partial charge >= 0.3 is 0 Å². The summed E-state index contributed by atoms with van der Waals surface area (Å²) in [6.45, 7) is 3.76. The number of nitrogens with zero attached hydrogens (tertiary/aromatic N) is 3. The minimum Gasteiger partial charge on any atom is -0.497 e. The zero-order chi connectivity index (χ0) is 24.9. The number of carbonyl (C=O) groups is 1. The van der Waals surface area contributed by atoms with E-state index in [1.807, 2.05) is 83.1 Å². The monoisotopic (exact) mass is 518 g/mol. The first-order valence-electron chi connectivity index (χ1n) is 11.8. The summed E-state index contributed by atoms with van der Waals surface area (Å²) in [6.07, 6.45) is 0. The highest BCUT2D eigenvalue weighted by Gasteiger charge is 2.19. The number of aromatic nitrogens is 1. The topological polar surface area (TPSA) is 57.7 Å². The number of amides is 1. The van der Waals surface area contributed by atoms with Crippen LogP contribution in [-0.4, -0.2) is 49.1 Å². The predicted octanol–water partition coefficient (Wildman–Crippen LogP) is 5.86. The molecule has 1 N–H and O–H groups in total. The van der Waals surface area contributed by atoms with Crippen molar-refractivity contribution in [2.24, 2.45) is 0 Å². The first-order chi connectivity index (χ1) is 17.6. The summed E-state index contributed by atoms with van der Waals surface area (Å²) < 4.78 is 5.35. The Hall–Kier alpha value is -3.39. The first kappa shape index (κ1) is 24.3. The molecule has 0 saturated carbocycles. The number of ether oxygens (including phenoxy) is 1. The minimum atomic E-state index is 0.0827. The van der Waals surface area contributed by atoms with Gasteiger partial charge in [0.2, 0.25) is 0 Å². The fraction of sp³-hybridized carbons (Fsp3) is 0.214. The number of carbonyl (C=O) groups excluding carboxylic acids is 1. The van der Waals surface area contributed by atoms with Gasteiger partial charge < -0.3 is 19.9 Å². The van der Waals surface area contributed by atoms with Crippen LogP contribution in [0.2, 0.25) is 5.02 Å². The maximum absolute atomic E-state index is 12.9. The molecule has 1 aromatic heterocycles. The van der Waals surface area contributed by atoms with Gasteiger partial charge in [-0.05, 0) is 48.0 Å². The van der Waals surface area contributed by atoms with Crippen LogP contribution in [0.3, 0.4) is 0 Å². The van der Waals surface area contributed by atoms with Gasteiger partial charge in [0.15, 0.2) is 5.13 Å². The second-order valence-electron chi connectivity index (χ2n) is 8.52. The number of hydrogen-bond acceptors (Lipinski definition) is 6. The fourth-order valence-corrected chi connectivity index (χ4v) is 5.28. The van der Waals surface area contributed by atoms with E-state index in [1.165, 1.54) is 0 Å². The number of benzene rings is 3. The molecule has 4 aromatic rings. The Balaban J connectivity index is 1.41. The lowest BCUT2D eigenvalue weighted by Gasteiger charge is -2.27. The highest BCUT2D eigenvalue weighted by atomic mass is 35.5. The van der Waals surface area contributed by atoms with Crippen molar-refractivity contribution in [2.75, 3.05) is 38.2 Å². The molecule has 1 amide bonds. The molecule has 0 unspecified atom stereocenters. The normalized spacial score (nSPS) is 13.4. The third-order valence-corrected chi connectivity index (χ3v) is 7.40. The molecule has 6 nitrogen and oxygen atoms in total. The molecule has 0 aliphatic carbocycles. The SMILES string of the molecule is COc1ccc(N(Cc2ccc(C(=O)N3CCNCC3)cc2)c2nc(-c3ccccc3Cl)cs2)cc1. The fourth-order valence-electron chi connectivity index (χ4n) is 4.20. The van der Waals surface area contributed by atoms with Crippen molar-refractivity contribution in [3.8, 4) is 17.0 Å². The van der Waals surface area contributed by atoms with Gasteiger partial charge in [-0.3, -0.25) is 4.79 Å². The summed E-state index contributed by atoms with van der Waals surface area (Å²) in [4.78, 5) is 21.9. The van der Waals surface area contributed by atoms with E-state index in [9.17, 15) is 4.79 Å². The lowest BCUT2D eigenvalue weighted by Crippen LogP contribution is -2.46. The van der Waals surface area contributed by atoms with E-state index in [0.717, 1.165) is 59.6 Å². The highest BCUT2D eigenvalue weighted by molar-refractivity contribution is 7.14. The van der Waals surface area contributed by atoms with Crippen LogP contribution in [0.1, 0.15) is 15.9 Å². The van der Waals surface area contributed by atoms with Gasteiger partial charge in [0.05, 0.1) is 19.3 Å². The highest BCUT2D eigenvalue weighted by Crippen LogP contribution is 2.36. The van der Waals surface area contributed by atoms with Gasteiger partial charge in [-0.1, -0.05) is 41.9 Å². The van der Waals surface area contributed by atoms with E-state index >= 15 is 0 Å². The third kappa shape index (κ3) is 5.38. The van der Waals surface area contributed by atoms with Crippen molar-refractivity contribution in [3.63, 3.8) is 0 Å². The van der Waals surface area contributed by atoms with Gasteiger partial charge in [-0.25, -0.2) is 4.98 Å². The molecule has 1 aliphatic heterocycles. The second-order valence-corrected chi connectivity index (χ2v) is 9.76. The number of hydrogen-bond donors (Lipinski definition) is 1. The van der Waals surface area contributed by atoms with Crippen LogP contribution in [0, 0.1) is 0 Å². The van der Waals surface area contributed by atoms with Crippen LogP contribution in [0.15, 0.2) is 78.2 Å². The lowest BCUT2D eigenvalue weighted by atomic mass is 10.1. The lowest BCUT2D eigenvalue weighted by molar-refractivity contribution is 0.0736. The van der Waals surface area contributed by atoms with E-state index in [-0.39, 0.29) is 5.91 Å². The second kappa shape index (κ2) is 11.1. The van der Waals surface area contributed by atoms with Gasteiger partial charge in [0.25, 0.3) is 5.91 Å². The molecule has 1 saturated heterocycles. The van der Waals surface area contributed by atoms with Crippen molar-refractivity contribution in [1.82, 2.24) is 15.2 Å². The standard InChI is InChI=1S/C28H27ClN4O2S/c1-35-23-12-10-22(11-13-23)33(28-31-26(19-36-28)24-4-2-3-5-25(24)29)18-20-6-8-21(9-7-20)27(34)32-16-14-30-15-17-32/h2-13,19,30H,14-18H2,1H3. The summed E-state index contributed by atoms with van der Waals surface area (Å²) >= 11 is 8.00. The molecule has 8 heteroatoms. The van der Waals surface area contributed by atoms with Crippen molar-refractivity contribution in [1.29, 1.82) is 0 Å². The maximum atomic E-state index is 12.9. The maximum Gasteiger partial charge on any atom is 0.253 e. The van der Waals surface area contributed by atoms with Crippen molar-refractivity contribution in [3.05, 3.63) is 94.3 Å². The van der Waals surface area contributed by atoms with Crippen LogP contribution >= 0.6 is 22.9 Å². The van der Waals surface area contributed by atoms with Gasteiger partial charge in [0.1, 0.15) is 5.75 Å². The van der Waals surface area contributed by atoms with E-state index < -0.39 is 0 Å². The Morgan fingerprint density at radius 3 is 2.47 bits per heavy atom. The molecule has 0 radical (unpaired) electrons. The average Bonchev–Trinajstić information content (AvgIpc) is 3.42. The molecule has 1 fully saturated rings. The molecule has 5 rings (SSSR count). The molecule has 0 spiro atoms. The zero-order valence-corrected chi connectivity index (χ0v) is 21.6. The summed E-state index contributed by atoms with van der Waals surface area (Å²) in [7, 11) is 1.66. The van der Waals surface area contributed by atoms with Crippen LogP contribution in [0.5, 0.6) is 5.75 Å². The van der Waals surface area contributed by atoms with Crippen LogP contribution in [0.25, 0.3) is 11.3 Å². The Bertz CT molecular complexity index is 1320. The van der Waals surface area contributed by atoms with E-state index in [1.54, 1.807) is 18.4 Å². The molecule has 3 aromatic carbocycles. The Morgan fingerprint density at radius 1 is 1.06 bits per heavy atom. The molecule has 2 heterocycles. The number of nitrogens with one attached hydrogen (secondary N) is 1. The van der Waals surface area contributed by atoms with Crippen LogP contribution < -0.4 is 15.0 Å². The predicted molar refractivity (Wildman–Crippen MR) is 147 cm³/mol. The number of rotatable bonds is 7. The van der Waals surface area contributed by atoms with E-state index in [0.29, 0.717) is 17.1 Å². The first-order valence-corrected chi connectivity index (χ1v) is 13.1. The molecule has 1 aliphatic rings. The van der Waals surface area contributed by atoms with E-state index in [2.05, 4.69) is 10.2 Å². The third-order valence-electron chi connectivity index (χ3n) is 6.20. The number of anilines is 2. The van der Waals surface area contributed by atoms with Gasteiger partial charge in [0, 0.05) is 53.4 Å². The van der Waals surface area contributed by atoms with Crippen molar-refractivity contribution < 1.29 is 9.53 Å². The molecule has 0 bridgehead atoms. The zero-order valence-electron chi connectivity index (χ0n) is 20.0. The number of halogens is 1. The summed E-state index contributed by atoms with van der Waals surface area (Å²) in [5, 5.41) is 6.85. The van der Waals surface area contributed by atoms with E-state index in [4.69, 9.17) is 21.3 Å². The number of thiazole rings is 1. The quantitative estimate of drug-likeness (QED) is 0.332. The molecular weight excluding hydrogens is 492 g/mol. The minimum absolute atomic E-state index is 0.0827. The van der Waals surface area contributed by atoms with Crippen molar-refractivity contribution in [2.45, 2.75) is 6.54 Å². The van der Waals surface area contributed by atoms with Crippen LogP contribution in [0.4, 0.5) is 10.8 Å². The van der Waals surface area contributed by atoms with Crippen LogP contribution in [-0.2, 0) is 6.54 Å². The largest absolute Gasteiger partial charge is 0.497 e. The molecule has 36 heavy (non-hydrogen) atoms. The number of piperazine rings is 1.